The molecule has 0 heterocycles. The molecule has 0 spiro atoms. The summed E-state index contributed by atoms with van der Waals surface area (Å²) in [6.07, 6.45) is 0. The topological polar surface area (TPSA) is 89.7 Å². The van der Waals surface area contributed by atoms with Crippen LogP contribution in [0.3, 0.4) is 0 Å². The first kappa shape index (κ1) is 15.0. The average Bonchev–Trinajstić information content (AvgIpc) is 2.41. The van der Waals surface area contributed by atoms with Gasteiger partial charge < -0.3 is 9.84 Å². The van der Waals surface area contributed by atoms with E-state index in [0.717, 1.165) is 10.0 Å². The molecule has 6 nitrogen and oxygen atoms in total. The number of aryl methyl sites for hydroxylation is 1. The zero-order valence-electron chi connectivity index (χ0n) is 10.9. The highest BCUT2D eigenvalue weighted by Crippen LogP contribution is 2.36. The highest BCUT2D eigenvalue weighted by Gasteiger charge is 2.25. The molecule has 2 aromatic carbocycles. The molecule has 2 aromatic rings. The Morgan fingerprint density at radius 3 is 2.57 bits per heavy atom. The first-order valence-corrected chi connectivity index (χ1v) is 6.64. The van der Waals surface area contributed by atoms with Crippen LogP contribution in [-0.2, 0) is 0 Å². The quantitative estimate of drug-likeness (QED) is 0.659. The molecule has 0 unspecified atom stereocenters. The monoisotopic (exact) mass is 351 g/mol. The van der Waals surface area contributed by atoms with Crippen molar-refractivity contribution in [3.8, 4) is 11.5 Å². The summed E-state index contributed by atoms with van der Waals surface area (Å²) in [6.45, 7) is 1.78. The molecule has 1 N–H and O–H groups in total. The molecule has 0 radical (unpaired) electrons. The average molecular weight is 352 g/mol. The minimum atomic E-state index is -1.38. The smallest absolute Gasteiger partial charge is 0.342 e. The number of aromatic carboxylic acids is 1. The maximum atomic E-state index is 11.1. The maximum absolute atomic E-state index is 11.1. The number of ether oxygens (including phenoxy) is 1. The fourth-order valence-corrected chi connectivity index (χ4v) is 2.29. The predicted molar refractivity (Wildman–Crippen MR) is 79.0 cm³/mol. The van der Waals surface area contributed by atoms with E-state index in [1.807, 2.05) is 0 Å². The number of halogens is 1. The van der Waals surface area contributed by atoms with Crippen molar-refractivity contribution >= 4 is 27.6 Å². The Bertz CT molecular complexity index is 729. The van der Waals surface area contributed by atoms with Crippen LogP contribution in [0.4, 0.5) is 5.69 Å². The van der Waals surface area contributed by atoms with Gasteiger partial charge in [-0.3, -0.25) is 10.1 Å². The highest BCUT2D eigenvalue weighted by molar-refractivity contribution is 9.10. The lowest BCUT2D eigenvalue weighted by molar-refractivity contribution is -0.386. The number of carboxylic acids is 1. The van der Waals surface area contributed by atoms with Crippen LogP contribution >= 0.6 is 15.9 Å². The van der Waals surface area contributed by atoms with Gasteiger partial charge in [0.25, 0.3) is 0 Å². The van der Waals surface area contributed by atoms with E-state index in [1.165, 1.54) is 18.2 Å². The molecule has 0 atom stereocenters. The van der Waals surface area contributed by atoms with Crippen molar-refractivity contribution in [1.82, 2.24) is 0 Å². The van der Waals surface area contributed by atoms with Crippen LogP contribution in [0.15, 0.2) is 40.9 Å². The molecule has 0 aliphatic rings. The van der Waals surface area contributed by atoms with Crippen LogP contribution in [0.5, 0.6) is 11.5 Å². The molecular formula is C14H10BrNO5. The van der Waals surface area contributed by atoms with E-state index in [0.29, 0.717) is 5.75 Å². The largest absolute Gasteiger partial charge is 0.477 e. The predicted octanol–water partition coefficient (Wildman–Crippen LogP) is 4.16. The summed E-state index contributed by atoms with van der Waals surface area (Å²) in [6, 6.07) is 9.11. The maximum Gasteiger partial charge on any atom is 0.342 e. The Morgan fingerprint density at radius 2 is 2.00 bits per heavy atom. The molecule has 0 fully saturated rings. The Labute approximate surface area is 128 Å². The number of para-hydroxylation sites is 1. The lowest BCUT2D eigenvalue weighted by Gasteiger charge is -2.10. The SMILES string of the molecule is Cc1cc(Br)ccc1Oc1cccc(C(=O)O)c1[N+](=O)[O-]. The number of nitro groups is 1. The van der Waals surface area contributed by atoms with Gasteiger partial charge in [-0.25, -0.2) is 4.79 Å². The number of hydrogen-bond donors (Lipinski definition) is 1. The van der Waals surface area contributed by atoms with Crippen molar-refractivity contribution in [1.29, 1.82) is 0 Å². The van der Waals surface area contributed by atoms with Crippen molar-refractivity contribution < 1.29 is 19.6 Å². The number of nitrogens with zero attached hydrogens (tertiary/aromatic N) is 1. The van der Waals surface area contributed by atoms with E-state index in [2.05, 4.69) is 15.9 Å². The number of benzene rings is 2. The molecule has 0 aliphatic heterocycles. The molecule has 0 aliphatic carbocycles. The van der Waals surface area contributed by atoms with Gasteiger partial charge in [-0.2, -0.15) is 0 Å². The first-order valence-electron chi connectivity index (χ1n) is 5.85. The fourth-order valence-electron chi connectivity index (χ4n) is 1.81. The Hall–Kier alpha value is -2.41. The summed E-state index contributed by atoms with van der Waals surface area (Å²) in [5.74, 6) is -1.06. The lowest BCUT2D eigenvalue weighted by atomic mass is 10.1. The third-order valence-electron chi connectivity index (χ3n) is 2.77. The van der Waals surface area contributed by atoms with Crippen LogP contribution in [0.2, 0.25) is 0 Å². The van der Waals surface area contributed by atoms with Gasteiger partial charge in [-0.05, 0) is 42.8 Å². The van der Waals surface area contributed by atoms with E-state index in [4.69, 9.17) is 9.84 Å². The van der Waals surface area contributed by atoms with Crippen molar-refractivity contribution in [3.05, 3.63) is 62.1 Å². The van der Waals surface area contributed by atoms with Gasteiger partial charge in [0, 0.05) is 4.47 Å². The second-order valence-electron chi connectivity index (χ2n) is 4.23. The molecule has 2 rings (SSSR count). The van der Waals surface area contributed by atoms with E-state index >= 15 is 0 Å². The Kier molecular flexibility index (Phi) is 4.23. The van der Waals surface area contributed by atoms with Crippen molar-refractivity contribution in [2.75, 3.05) is 0 Å². The fraction of sp³-hybridized carbons (Fsp3) is 0.0714. The summed E-state index contributed by atoms with van der Waals surface area (Å²) in [5, 5.41) is 20.2. The van der Waals surface area contributed by atoms with Crippen molar-refractivity contribution in [2.24, 2.45) is 0 Å². The zero-order chi connectivity index (χ0) is 15.6. The van der Waals surface area contributed by atoms with E-state index < -0.39 is 22.1 Å². The minimum absolute atomic E-state index is 0.106. The molecule has 7 heteroatoms. The number of carbonyl (C=O) groups is 1. The summed E-state index contributed by atoms with van der Waals surface area (Å²) < 4.78 is 6.37. The third kappa shape index (κ3) is 3.19. The van der Waals surface area contributed by atoms with Gasteiger partial charge in [0.2, 0.25) is 5.75 Å². The normalized spacial score (nSPS) is 10.2. The van der Waals surface area contributed by atoms with E-state index in [9.17, 15) is 14.9 Å². The van der Waals surface area contributed by atoms with Crippen LogP contribution in [0, 0.1) is 17.0 Å². The lowest BCUT2D eigenvalue weighted by Crippen LogP contribution is -2.04. The van der Waals surface area contributed by atoms with Gasteiger partial charge in [-0.1, -0.05) is 22.0 Å². The molecule has 108 valence electrons. The molecule has 0 aromatic heterocycles. The number of nitro benzene ring substituents is 1. The second-order valence-corrected chi connectivity index (χ2v) is 5.14. The van der Waals surface area contributed by atoms with E-state index in [-0.39, 0.29) is 5.75 Å². The Balaban J connectivity index is 2.51. The second kappa shape index (κ2) is 5.92. The molecule has 0 saturated carbocycles. The van der Waals surface area contributed by atoms with Gasteiger partial charge in [0.15, 0.2) is 0 Å². The number of hydrogen-bond acceptors (Lipinski definition) is 4. The van der Waals surface area contributed by atoms with Crippen molar-refractivity contribution in [3.63, 3.8) is 0 Å². The van der Waals surface area contributed by atoms with Gasteiger partial charge in [-0.15, -0.1) is 0 Å². The standard InChI is InChI=1S/C14H10BrNO5/c1-8-7-9(15)5-6-11(8)21-12-4-2-3-10(14(17)18)13(12)16(19)20/h2-7H,1H3,(H,17,18). The molecular weight excluding hydrogens is 342 g/mol. The van der Waals surface area contributed by atoms with E-state index in [1.54, 1.807) is 25.1 Å². The third-order valence-corrected chi connectivity index (χ3v) is 3.26. The summed E-state index contributed by atoms with van der Waals surface area (Å²) in [7, 11) is 0. The number of carboxylic acid groups (broad SMARTS) is 1. The molecule has 21 heavy (non-hydrogen) atoms. The number of rotatable bonds is 4. The molecule has 0 saturated heterocycles. The van der Waals surface area contributed by atoms with Crippen LogP contribution in [0.25, 0.3) is 0 Å². The summed E-state index contributed by atoms with van der Waals surface area (Å²) >= 11 is 3.31. The molecule has 0 amide bonds. The molecule has 0 bridgehead atoms. The zero-order valence-corrected chi connectivity index (χ0v) is 12.5. The van der Waals surface area contributed by atoms with Crippen molar-refractivity contribution in [2.45, 2.75) is 6.92 Å². The highest BCUT2D eigenvalue weighted by atomic mass is 79.9. The van der Waals surface area contributed by atoms with Crippen LogP contribution in [0.1, 0.15) is 15.9 Å². The van der Waals surface area contributed by atoms with Crippen LogP contribution in [-0.4, -0.2) is 16.0 Å². The van der Waals surface area contributed by atoms with Gasteiger partial charge >= 0.3 is 11.7 Å². The van der Waals surface area contributed by atoms with Gasteiger partial charge in [0.05, 0.1) is 4.92 Å². The summed E-state index contributed by atoms with van der Waals surface area (Å²) in [5.41, 5.74) is -0.209. The van der Waals surface area contributed by atoms with Gasteiger partial charge in [0.1, 0.15) is 11.3 Å². The minimum Gasteiger partial charge on any atom is -0.477 e. The summed E-state index contributed by atoms with van der Waals surface area (Å²) in [4.78, 5) is 21.5. The first-order chi connectivity index (χ1) is 9.90. The van der Waals surface area contributed by atoms with Crippen LogP contribution < -0.4 is 4.74 Å². The Morgan fingerprint density at radius 1 is 1.29 bits per heavy atom.